The van der Waals surface area contributed by atoms with Crippen molar-refractivity contribution in [2.45, 2.75) is 44.2 Å². The Morgan fingerprint density at radius 1 is 1.24 bits per heavy atom. The van der Waals surface area contributed by atoms with Crippen LogP contribution >= 0.6 is 22.6 Å². The number of nitrogens with zero attached hydrogens (tertiary/aromatic N) is 2. The minimum absolute atomic E-state index is 0.328. The van der Waals surface area contributed by atoms with Crippen molar-refractivity contribution in [3.63, 3.8) is 0 Å². The predicted octanol–water partition coefficient (Wildman–Crippen LogP) is 4.11. The number of rotatable bonds is 5. The molecule has 0 bridgehead atoms. The van der Waals surface area contributed by atoms with E-state index in [2.05, 4.69) is 69.1 Å². The third kappa shape index (κ3) is 3.66. The van der Waals surface area contributed by atoms with E-state index in [0.717, 1.165) is 6.42 Å². The highest BCUT2D eigenvalue weighted by Crippen LogP contribution is 2.29. The molecule has 112 valence electrons. The van der Waals surface area contributed by atoms with Gasteiger partial charge in [0.05, 0.1) is 11.7 Å². The lowest BCUT2D eigenvalue weighted by molar-refractivity contribution is 0.459. The minimum Gasteiger partial charge on any atom is -0.313 e. The van der Waals surface area contributed by atoms with E-state index >= 15 is 0 Å². The van der Waals surface area contributed by atoms with Gasteiger partial charge in [0.2, 0.25) is 0 Å². The largest absolute Gasteiger partial charge is 0.313 e. The normalized spacial score (nSPS) is 17.2. The monoisotopic (exact) mass is 395 g/mol. The number of benzene rings is 1. The summed E-state index contributed by atoms with van der Waals surface area (Å²) in [6, 6.07) is 11.9. The summed E-state index contributed by atoms with van der Waals surface area (Å²) in [6.07, 6.45) is 8.37. The van der Waals surface area contributed by atoms with E-state index in [1.54, 1.807) is 0 Å². The molecule has 0 amide bonds. The van der Waals surface area contributed by atoms with Crippen LogP contribution in [0.15, 0.2) is 36.5 Å². The summed E-state index contributed by atoms with van der Waals surface area (Å²) < 4.78 is 3.46. The zero-order chi connectivity index (χ0) is 14.7. The van der Waals surface area contributed by atoms with Gasteiger partial charge in [0.25, 0.3) is 0 Å². The quantitative estimate of drug-likeness (QED) is 0.773. The van der Waals surface area contributed by atoms with Crippen LogP contribution in [-0.4, -0.2) is 16.8 Å². The number of aromatic nitrogens is 2. The average Bonchev–Trinajstić information content (AvgIpc) is 3.17. The number of hydrogen-bond acceptors (Lipinski definition) is 2. The van der Waals surface area contributed by atoms with Crippen molar-refractivity contribution in [3.05, 3.63) is 51.4 Å². The highest BCUT2D eigenvalue weighted by atomic mass is 127. The standard InChI is InChI=1S/C17H22IN3/c1-19-17(13-6-8-14(18)9-7-13)12-15-10-11-21(20-15)16-4-2-3-5-16/h6-11,16-17,19H,2-5,12H2,1H3. The fourth-order valence-electron chi connectivity index (χ4n) is 3.15. The molecule has 1 aliphatic rings. The van der Waals surface area contributed by atoms with Gasteiger partial charge >= 0.3 is 0 Å². The molecule has 1 N–H and O–H groups in total. The Labute approximate surface area is 140 Å². The fraction of sp³-hybridized carbons (Fsp3) is 0.471. The van der Waals surface area contributed by atoms with E-state index < -0.39 is 0 Å². The summed E-state index contributed by atoms with van der Waals surface area (Å²) in [5.74, 6) is 0. The van der Waals surface area contributed by atoms with Crippen molar-refractivity contribution < 1.29 is 0 Å². The molecule has 1 aromatic heterocycles. The summed E-state index contributed by atoms with van der Waals surface area (Å²) >= 11 is 2.34. The molecular formula is C17H22IN3. The van der Waals surface area contributed by atoms with Gasteiger partial charge in [0, 0.05) is 22.2 Å². The second kappa shape index (κ2) is 6.92. The van der Waals surface area contributed by atoms with Crippen molar-refractivity contribution >= 4 is 22.6 Å². The molecule has 1 atom stereocenters. The van der Waals surface area contributed by atoms with Crippen LogP contribution in [0.25, 0.3) is 0 Å². The van der Waals surface area contributed by atoms with E-state index in [9.17, 15) is 0 Å². The topological polar surface area (TPSA) is 29.9 Å². The average molecular weight is 395 g/mol. The maximum atomic E-state index is 4.80. The molecular weight excluding hydrogens is 373 g/mol. The van der Waals surface area contributed by atoms with E-state index in [-0.39, 0.29) is 0 Å². The zero-order valence-electron chi connectivity index (χ0n) is 12.4. The number of nitrogens with one attached hydrogen (secondary N) is 1. The van der Waals surface area contributed by atoms with Crippen LogP contribution in [0.3, 0.4) is 0 Å². The van der Waals surface area contributed by atoms with Gasteiger partial charge < -0.3 is 5.32 Å². The SMILES string of the molecule is CNC(Cc1ccn(C2CCCC2)n1)c1ccc(I)cc1. The highest BCUT2D eigenvalue weighted by Gasteiger charge is 2.18. The third-order valence-electron chi connectivity index (χ3n) is 4.40. The summed E-state index contributed by atoms with van der Waals surface area (Å²) in [4.78, 5) is 0. The van der Waals surface area contributed by atoms with Crippen molar-refractivity contribution in [1.82, 2.24) is 15.1 Å². The van der Waals surface area contributed by atoms with Gasteiger partial charge in [-0.05, 0) is 66.2 Å². The summed E-state index contributed by atoms with van der Waals surface area (Å²) in [6.45, 7) is 0. The lowest BCUT2D eigenvalue weighted by atomic mass is 10.0. The summed E-state index contributed by atoms with van der Waals surface area (Å²) in [5, 5.41) is 8.21. The predicted molar refractivity (Wildman–Crippen MR) is 94.4 cm³/mol. The maximum absolute atomic E-state index is 4.80. The molecule has 1 aromatic carbocycles. The van der Waals surface area contributed by atoms with Gasteiger partial charge in [-0.3, -0.25) is 4.68 Å². The minimum atomic E-state index is 0.328. The van der Waals surface area contributed by atoms with E-state index in [4.69, 9.17) is 5.10 Å². The number of halogens is 1. The molecule has 1 heterocycles. The van der Waals surface area contributed by atoms with Gasteiger partial charge in [-0.15, -0.1) is 0 Å². The molecule has 0 radical (unpaired) electrons. The maximum Gasteiger partial charge on any atom is 0.0643 e. The van der Waals surface area contributed by atoms with Crippen LogP contribution in [0.2, 0.25) is 0 Å². The van der Waals surface area contributed by atoms with Crippen molar-refractivity contribution in [2.75, 3.05) is 7.05 Å². The molecule has 4 heteroatoms. The Kier molecular flexibility index (Phi) is 4.95. The molecule has 0 aliphatic heterocycles. The second-order valence-corrected chi connectivity index (χ2v) is 7.07. The Morgan fingerprint density at radius 3 is 2.62 bits per heavy atom. The molecule has 3 nitrogen and oxygen atoms in total. The summed E-state index contributed by atoms with van der Waals surface area (Å²) in [7, 11) is 2.02. The molecule has 0 saturated heterocycles. The molecule has 1 unspecified atom stereocenters. The first kappa shape index (κ1) is 15.0. The van der Waals surface area contributed by atoms with Crippen LogP contribution in [0.5, 0.6) is 0 Å². The van der Waals surface area contributed by atoms with Crippen LogP contribution in [0.4, 0.5) is 0 Å². The molecule has 21 heavy (non-hydrogen) atoms. The molecule has 1 saturated carbocycles. The van der Waals surface area contributed by atoms with Crippen LogP contribution < -0.4 is 5.32 Å². The number of likely N-dealkylation sites (N-methyl/N-ethyl adjacent to an activating group) is 1. The fourth-order valence-corrected chi connectivity index (χ4v) is 3.51. The van der Waals surface area contributed by atoms with Crippen molar-refractivity contribution in [3.8, 4) is 0 Å². The molecule has 3 rings (SSSR count). The lowest BCUT2D eigenvalue weighted by Crippen LogP contribution is -2.19. The Morgan fingerprint density at radius 2 is 1.95 bits per heavy atom. The first-order valence-corrected chi connectivity index (χ1v) is 8.81. The van der Waals surface area contributed by atoms with Crippen LogP contribution in [0, 0.1) is 3.57 Å². The van der Waals surface area contributed by atoms with E-state index in [1.165, 1.54) is 40.5 Å². The molecule has 0 spiro atoms. The van der Waals surface area contributed by atoms with Gasteiger partial charge in [-0.1, -0.05) is 25.0 Å². The second-order valence-electron chi connectivity index (χ2n) is 5.82. The Balaban J connectivity index is 1.70. The Hall–Kier alpha value is -0.880. The van der Waals surface area contributed by atoms with Gasteiger partial charge in [0.1, 0.15) is 0 Å². The zero-order valence-corrected chi connectivity index (χ0v) is 14.6. The molecule has 2 aromatic rings. The smallest absolute Gasteiger partial charge is 0.0643 e. The summed E-state index contributed by atoms with van der Waals surface area (Å²) in [5.41, 5.74) is 2.51. The Bertz CT molecular complexity index is 570. The van der Waals surface area contributed by atoms with Crippen molar-refractivity contribution in [1.29, 1.82) is 0 Å². The van der Waals surface area contributed by atoms with E-state index in [0.29, 0.717) is 12.1 Å². The lowest BCUT2D eigenvalue weighted by Gasteiger charge is -2.16. The third-order valence-corrected chi connectivity index (χ3v) is 5.12. The van der Waals surface area contributed by atoms with Gasteiger partial charge in [0.15, 0.2) is 0 Å². The first-order chi connectivity index (χ1) is 10.3. The van der Waals surface area contributed by atoms with E-state index in [1.807, 2.05) is 7.05 Å². The van der Waals surface area contributed by atoms with Crippen molar-refractivity contribution in [2.24, 2.45) is 0 Å². The number of hydrogen-bond donors (Lipinski definition) is 1. The first-order valence-electron chi connectivity index (χ1n) is 7.73. The van der Waals surface area contributed by atoms with Crippen LogP contribution in [0.1, 0.15) is 49.0 Å². The van der Waals surface area contributed by atoms with Crippen LogP contribution in [-0.2, 0) is 6.42 Å². The van der Waals surface area contributed by atoms with Gasteiger partial charge in [-0.25, -0.2) is 0 Å². The molecule has 1 aliphatic carbocycles. The van der Waals surface area contributed by atoms with Gasteiger partial charge in [-0.2, -0.15) is 5.10 Å². The highest BCUT2D eigenvalue weighted by molar-refractivity contribution is 14.1. The molecule has 1 fully saturated rings.